The zero-order valence-electron chi connectivity index (χ0n) is 10.3. The second-order valence-electron chi connectivity index (χ2n) is 4.22. The highest BCUT2D eigenvalue weighted by Crippen LogP contribution is 2.15. The molecule has 0 bridgehead atoms. The molecule has 0 saturated carbocycles. The zero-order chi connectivity index (χ0) is 13.7. The Hall–Kier alpha value is -2.36. The first-order chi connectivity index (χ1) is 9.13. The van der Waals surface area contributed by atoms with Gasteiger partial charge in [0.15, 0.2) is 0 Å². The average Bonchev–Trinajstić information content (AvgIpc) is 2.38. The molecule has 2 rings (SSSR count). The van der Waals surface area contributed by atoms with Gasteiger partial charge in [-0.25, -0.2) is 4.39 Å². The van der Waals surface area contributed by atoms with Crippen LogP contribution in [0.2, 0.25) is 0 Å². The lowest BCUT2D eigenvalue weighted by molar-refractivity contribution is -0.116. The largest absolute Gasteiger partial charge is 0.508 e. The van der Waals surface area contributed by atoms with E-state index in [9.17, 15) is 14.3 Å². The van der Waals surface area contributed by atoms with Gasteiger partial charge in [-0.05, 0) is 36.2 Å². The number of hydrogen-bond donors (Lipinski definition) is 2. The van der Waals surface area contributed by atoms with Crippen molar-refractivity contribution in [3.63, 3.8) is 0 Å². The van der Waals surface area contributed by atoms with Crippen LogP contribution in [0.1, 0.15) is 12.0 Å². The second-order valence-corrected chi connectivity index (χ2v) is 4.22. The van der Waals surface area contributed by atoms with E-state index in [0.29, 0.717) is 18.5 Å². The van der Waals surface area contributed by atoms with Crippen LogP contribution in [0.4, 0.5) is 10.1 Å². The van der Waals surface area contributed by atoms with E-state index in [-0.39, 0.29) is 17.5 Å². The van der Waals surface area contributed by atoms with E-state index in [0.717, 1.165) is 5.56 Å². The molecule has 0 aromatic heterocycles. The number of hydrogen-bond acceptors (Lipinski definition) is 2. The fourth-order valence-corrected chi connectivity index (χ4v) is 1.72. The highest BCUT2D eigenvalue weighted by Gasteiger charge is 2.04. The van der Waals surface area contributed by atoms with Crippen LogP contribution in [0.3, 0.4) is 0 Å². The van der Waals surface area contributed by atoms with E-state index in [1.165, 1.54) is 24.3 Å². The Balaban J connectivity index is 1.86. The van der Waals surface area contributed by atoms with Crippen LogP contribution in [0.15, 0.2) is 48.5 Å². The van der Waals surface area contributed by atoms with Gasteiger partial charge in [-0.15, -0.1) is 0 Å². The summed E-state index contributed by atoms with van der Waals surface area (Å²) in [5.41, 5.74) is 1.47. The summed E-state index contributed by atoms with van der Waals surface area (Å²) in [4.78, 5) is 11.7. The van der Waals surface area contributed by atoms with Gasteiger partial charge in [0.2, 0.25) is 5.91 Å². The third-order valence-corrected chi connectivity index (χ3v) is 2.68. The van der Waals surface area contributed by atoms with Crippen molar-refractivity contribution >= 4 is 11.6 Å². The summed E-state index contributed by atoms with van der Waals surface area (Å²) in [7, 11) is 0. The highest BCUT2D eigenvalue weighted by atomic mass is 19.1. The molecule has 2 aromatic rings. The zero-order valence-corrected chi connectivity index (χ0v) is 10.3. The number of anilines is 1. The van der Waals surface area contributed by atoms with Crippen molar-refractivity contribution in [2.75, 3.05) is 5.32 Å². The van der Waals surface area contributed by atoms with Crippen molar-refractivity contribution in [1.29, 1.82) is 0 Å². The molecule has 98 valence electrons. The average molecular weight is 259 g/mol. The summed E-state index contributed by atoms with van der Waals surface area (Å²) >= 11 is 0. The van der Waals surface area contributed by atoms with Crippen molar-refractivity contribution in [2.24, 2.45) is 0 Å². The monoisotopic (exact) mass is 259 g/mol. The number of carbonyl (C=O) groups is 1. The summed E-state index contributed by atoms with van der Waals surface area (Å²) < 4.78 is 12.7. The van der Waals surface area contributed by atoms with Gasteiger partial charge >= 0.3 is 0 Å². The Morgan fingerprint density at radius 1 is 1.16 bits per heavy atom. The quantitative estimate of drug-likeness (QED) is 0.886. The number of phenols is 1. The lowest BCUT2D eigenvalue weighted by Gasteiger charge is -2.05. The molecule has 0 aliphatic rings. The summed E-state index contributed by atoms with van der Waals surface area (Å²) in [6.45, 7) is 0. The minimum absolute atomic E-state index is 0.108. The van der Waals surface area contributed by atoms with E-state index in [1.54, 1.807) is 24.3 Å². The Labute approximate surface area is 110 Å². The molecule has 0 spiro atoms. The van der Waals surface area contributed by atoms with Crippen molar-refractivity contribution < 1.29 is 14.3 Å². The third kappa shape index (κ3) is 4.10. The van der Waals surface area contributed by atoms with Gasteiger partial charge in [0.05, 0.1) is 0 Å². The fourth-order valence-electron chi connectivity index (χ4n) is 1.72. The van der Waals surface area contributed by atoms with Crippen molar-refractivity contribution in [2.45, 2.75) is 12.8 Å². The van der Waals surface area contributed by atoms with E-state index >= 15 is 0 Å². The number of carbonyl (C=O) groups excluding carboxylic acids is 1. The van der Waals surface area contributed by atoms with Gasteiger partial charge < -0.3 is 10.4 Å². The minimum Gasteiger partial charge on any atom is -0.508 e. The SMILES string of the molecule is O=C(CCc1ccc(F)cc1)Nc1cccc(O)c1. The number of aryl methyl sites for hydroxylation is 1. The first-order valence-corrected chi connectivity index (χ1v) is 5.97. The summed E-state index contributed by atoms with van der Waals surface area (Å²) in [5.74, 6) is -0.320. The molecule has 2 aromatic carbocycles. The summed E-state index contributed by atoms with van der Waals surface area (Å²) in [6, 6.07) is 12.5. The molecule has 0 fully saturated rings. The van der Waals surface area contributed by atoms with Crippen LogP contribution in [0.5, 0.6) is 5.75 Å². The number of amides is 1. The molecule has 0 atom stereocenters. The molecule has 0 radical (unpaired) electrons. The standard InChI is InChI=1S/C15H14FNO2/c16-12-7-4-11(5-8-12)6-9-15(19)17-13-2-1-3-14(18)10-13/h1-5,7-8,10,18H,6,9H2,(H,17,19). The first kappa shape index (κ1) is 13.1. The van der Waals surface area contributed by atoms with Crippen molar-refractivity contribution in [3.05, 3.63) is 59.9 Å². The number of halogens is 1. The van der Waals surface area contributed by atoms with Gasteiger partial charge in [-0.1, -0.05) is 18.2 Å². The molecule has 3 nitrogen and oxygen atoms in total. The van der Waals surface area contributed by atoms with Crippen LogP contribution >= 0.6 is 0 Å². The number of aromatic hydroxyl groups is 1. The predicted octanol–water partition coefficient (Wildman–Crippen LogP) is 3.10. The Morgan fingerprint density at radius 2 is 1.89 bits per heavy atom. The molecule has 0 unspecified atom stereocenters. The lowest BCUT2D eigenvalue weighted by Crippen LogP contribution is -2.12. The molecule has 19 heavy (non-hydrogen) atoms. The topological polar surface area (TPSA) is 49.3 Å². The van der Waals surface area contributed by atoms with Gasteiger partial charge in [0.25, 0.3) is 0 Å². The van der Waals surface area contributed by atoms with Crippen molar-refractivity contribution in [1.82, 2.24) is 0 Å². The number of benzene rings is 2. The van der Waals surface area contributed by atoms with Gasteiger partial charge in [0, 0.05) is 18.2 Å². The maximum Gasteiger partial charge on any atom is 0.224 e. The summed E-state index contributed by atoms with van der Waals surface area (Å²) in [5, 5.41) is 12.0. The van der Waals surface area contributed by atoms with Crippen LogP contribution in [0, 0.1) is 5.82 Å². The van der Waals surface area contributed by atoms with E-state index in [1.807, 2.05) is 0 Å². The number of phenolic OH excluding ortho intramolecular Hbond substituents is 1. The van der Waals surface area contributed by atoms with Gasteiger partial charge in [-0.3, -0.25) is 4.79 Å². The Bertz CT molecular complexity index is 567. The number of rotatable bonds is 4. The van der Waals surface area contributed by atoms with Crippen LogP contribution < -0.4 is 5.32 Å². The molecule has 1 amide bonds. The summed E-state index contributed by atoms with van der Waals surface area (Å²) in [6.07, 6.45) is 0.853. The van der Waals surface area contributed by atoms with Crippen LogP contribution in [0.25, 0.3) is 0 Å². The second kappa shape index (κ2) is 6.00. The molecular formula is C15H14FNO2. The lowest BCUT2D eigenvalue weighted by atomic mass is 10.1. The van der Waals surface area contributed by atoms with Crippen molar-refractivity contribution in [3.8, 4) is 5.75 Å². The van der Waals surface area contributed by atoms with E-state index < -0.39 is 0 Å². The predicted molar refractivity (Wildman–Crippen MR) is 71.5 cm³/mol. The normalized spacial score (nSPS) is 10.2. The molecule has 0 heterocycles. The molecule has 0 saturated heterocycles. The van der Waals surface area contributed by atoms with E-state index in [4.69, 9.17) is 0 Å². The Kier molecular flexibility index (Phi) is 4.13. The maximum absolute atomic E-state index is 12.7. The molecule has 2 N–H and O–H groups in total. The first-order valence-electron chi connectivity index (χ1n) is 5.97. The fraction of sp³-hybridized carbons (Fsp3) is 0.133. The third-order valence-electron chi connectivity index (χ3n) is 2.68. The van der Waals surface area contributed by atoms with E-state index in [2.05, 4.69) is 5.32 Å². The Morgan fingerprint density at radius 3 is 2.58 bits per heavy atom. The maximum atomic E-state index is 12.7. The molecule has 4 heteroatoms. The minimum atomic E-state index is -0.284. The van der Waals surface area contributed by atoms with Crippen LogP contribution in [-0.4, -0.2) is 11.0 Å². The smallest absolute Gasteiger partial charge is 0.224 e. The van der Waals surface area contributed by atoms with Gasteiger partial charge in [-0.2, -0.15) is 0 Å². The highest BCUT2D eigenvalue weighted by molar-refractivity contribution is 5.90. The molecule has 0 aliphatic heterocycles. The molecule has 0 aliphatic carbocycles. The van der Waals surface area contributed by atoms with Gasteiger partial charge in [0.1, 0.15) is 11.6 Å². The molecular weight excluding hydrogens is 245 g/mol. The number of nitrogens with one attached hydrogen (secondary N) is 1. The van der Waals surface area contributed by atoms with Crippen LogP contribution in [-0.2, 0) is 11.2 Å².